The number of aromatic nitrogens is 2. The third-order valence-corrected chi connectivity index (χ3v) is 5.27. The van der Waals surface area contributed by atoms with Gasteiger partial charge in [-0.1, -0.05) is 54.1 Å². The fraction of sp³-hybridized carbons (Fsp3) is 0.0870. The van der Waals surface area contributed by atoms with Gasteiger partial charge in [0.05, 0.1) is 23.2 Å². The van der Waals surface area contributed by atoms with Crippen molar-refractivity contribution in [3.05, 3.63) is 95.0 Å². The zero-order chi connectivity index (χ0) is 20.1. The third-order valence-electron chi connectivity index (χ3n) is 4.40. The number of nitrogens with zero attached hydrogens (tertiary/aromatic N) is 3. The molecule has 0 aliphatic rings. The molecule has 1 amide bonds. The highest BCUT2D eigenvalue weighted by atomic mass is 32.1. The van der Waals surface area contributed by atoms with Crippen LogP contribution >= 0.6 is 11.3 Å². The molecule has 0 aliphatic carbocycles. The van der Waals surface area contributed by atoms with Gasteiger partial charge in [-0.15, -0.1) is 11.3 Å². The van der Waals surface area contributed by atoms with Gasteiger partial charge in [-0.05, 0) is 36.1 Å². The minimum Gasteiger partial charge on any atom is -0.273 e. The summed E-state index contributed by atoms with van der Waals surface area (Å²) < 4.78 is 1.82. The van der Waals surface area contributed by atoms with Crippen LogP contribution in [0.1, 0.15) is 16.7 Å². The Labute approximate surface area is 173 Å². The highest BCUT2D eigenvalue weighted by molar-refractivity contribution is 7.13. The predicted octanol–water partition coefficient (Wildman–Crippen LogP) is 4.60. The van der Waals surface area contributed by atoms with Gasteiger partial charge in [-0.3, -0.25) is 4.79 Å². The molecule has 0 spiro atoms. The van der Waals surface area contributed by atoms with E-state index in [9.17, 15) is 4.79 Å². The van der Waals surface area contributed by atoms with Crippen molar-refractivity contribution in [3.8, 4) is 16.3 Å². The number of benzene rings is 2. The van der Waals surface area contributed by atoms with Crippen LogP contribution in [0.15, 0.2) is 83.4 Å². The fourth-order valence-electron chi connectivity index (χ4n) is 2.90. The molecule has 0 fully saturated rings. The Kier molecular flexibility index (Phi) is 5.63. The van der Waals surface area contributed by atoms with Gasteiger partial charge in [0.1, 0.15) is 5.69 Å². The molecule has 144 valence electrons. The lowest BCUT2D eigenvalue weighted by Gasteiger charge is -2.01. The van der Waals surface area contributed by atoms with Crippen molar-refractivity contribution >= 4 is 23.5 Å². The highest BCUT2D eigenvalue weighted by Crippen LogP contribution is 2.26. The first-order valence-electron chi connectivity index (χ1n) is 9.25. The number of amides is 1. The number of thiophene rings is 1. The number of hydrazone groups is 1. The molecule has 4 aromatic rings. The van der Waals surface area contributed by atoms with E-state index in [1.165, 1.54) is 5.56 Å². The predicted molar refractivity (Wildman–Crippen MR) is 117 cm³/mol. The molecule has 2 heterocycles. The average molecular weight is 401 g/mol. The van der Waals surface area contributed by atoms with Crippen molar-refractivity contribution in [1.82, 2.24) is 15.2 Å². The van der Waals surface area contributed by atoms with Crippen LogP contribution in [0.3, 0.4) is 0 Å². The lowest BCUT2D eigenvalue weighted by atomic mass is 10.1. The Hall–Kier alpha value is -3.51. The van der Waals surface area contributed by atoms with E-state index in [4.69, 9.17) is 5.10 Å². The quantitative estimate of drug-likeness (QED) is 0.380. The molecular formula is C23H20N4OS. The summed E-state index contributed by atoms with van der Waals surface area (Å²) in [6.07, 6.45) is 3.85. The number of rotatable bonds is 6. The van der Waals surface area contributed by atoms with Gasteiger partial charge in [-0.2, -0.15) is 10.2 Å². The Morgan fingerprint density at radius 2 is 1.90 bits per heavy atom. The third kappa shape index (κ3) is 4.67. The van der Waals surface area contributed by atoms with Gasteiger partial charge in [-0.25, -0.2) is 10.1 Å². The first kappa shape index (κ1) is 18.8. The summed E-state index contributed by atoms with van der Waals surface area (Å²) in [5.41, 5.74) is 7.38. The van der Waals surface area contributed by atoms with Crippen molar-refractivity contribution in [3.63, 3.8) is 0 Å². The number of carbonyl (C=O) groups is 1. The number of para-hydroxylation sites is 1. The highest BCUT2D eigenvalue weighted by Gasteiger charge is 2.12. The molecule has 1 N–H and O–H groups in total. The van der Waals surface area contributed by atoms with Crippen LogP contribution in [0.25, 0.3) is 16.3 Å². The monoisotopic (exact) mass is 400 g/mol. The van der Waals surface area contributed by atoms with Gasteiger partial charge in [0.25, 0.3) is 0 Å². The van der Waals surface area contributed by atoms with Gasteiger partial charge < -0.3 is 0 Å². The van der Waals surface area contributed by atoms with Crippen LogP contribution in [-0.2, 0) is 11.2 Å². The molecule has 0 aliphatic heterocycles. The second kappa shape index (κ2) is 8.67. The van der Waals surface area contributed by atoms with Crippen LogP contribution in [0.2, 0.25) is 0 Å². The zero-order valence-corrected chi connectivity index (χ0v) is 16.8. The molecule has 5 nitrogen and oxygen atoms in total. The van der Waals surface area contributed by atoms with Crippen LogP contribution in [0.4, 0.5) is 0 Å². The van der Waals surface area contributed by atoms with Crippen molar-refractivity contribution < 1.29 is 4.79 Å². The van der Waals surface area contributed by atoms with E-state index in [0.717, 1.165) is 27.4 Å². The molecule has 0 radical (unpaired) electrons. The smallest absolute Gasteiger partial charge is 0.244 e. The lowest BCUT2D eigenvalue weighted by Crippen LogP contribution is -2.19. The number of hydrogen-bond acceptors (Lipinski definition) is 4. The second-order valence-electron chi connectivity index (χ2n) is 6.65. The standard InChI is InChI=1S/C23H20N4OS/c1-17-9-11-18(12-10-17)14-22(28)25-24-15-19-16-27(20-6-3-2-4-7-20)26-23(19)21-8-5-13-29-21/h2-13,15-16H,14H2,1H3,(H,25,28)/b24-15-. The number of nitrogens with one attached hydrogen (secondary N) is 1. The minimum absolute atomic E-state index is 0.154. The molecule has 0 unspecified atom stereocenters. The topological polar surface area (TPSA) is 59.3 Å². The maximum absolute atomic E-state index is 12.2. The summed E-state index contributed by atoms with van der Waals surface area (Å²) in [6, 6.07) is 21.8. The molecule has 29 heavy (non-hydrogen) atoms. The summed E-state index contributed by atoms with van der Waals surface area (Å²) in [4.78, 5) is 13.2. The lowest BCUT2D eigenvalue weighted by molar-refractivity contribution is -0.120. The van der Waals surface area contributed by atoms with E-state index in [-0.39, 0.29) is 5.91 Å². The fourth-order valence-corrected chi connectivity index (χ4v) is 3.64. The van der Waals surface area contributed by atoms with Gasteiger partial charge in [0, 0.05) is 11.8 Å². The molecule has 0 bridgehead atoms. The largest absolute Gasteiger partial charge is 0.273 e. The maximum atomic E-state index is 12.2. The van der Waals surface area contributed by atoms with E-state index in [2.05, 4.69) is 10.5 Å². The molecule has 6 heteroatoms. The van der Waals surface area contributed by atoms with Gasteiger partial charge in [0.15, 0.2) is 0 Å². The summed E-state index contributed by atoms with van der Waals surface area (Å²) in [5, 5.41) is 10.9. The molecule has 0 saturated carbocycles. The summed E-state index contributed by atoms with van der Waals surface area (Å²) in [6.45, 7) is 2.02. The SMILES string of the molecule is Cc1ccc(CC(=O)N/N=C\c2cn(-c3ccccc3)nc2-c2cccs2)cc1. The number of hydrogen-bond donors (Lipinski definition) is 1. The average Bonchev–Trinajstić information content (AvgIpc) is 3.40. The van der Waals surface area contributed by atoms with Crippen LogP contribution < -0.4 is 5.43 Å². The molecule has 2 aromatic heterocycles. The van der Waals surface area contributed by atoms with Crippen molar-refractivity contribution in [2.45, 2.75) is 13.3 Å². The summed E-state index contributed by atoms with van der Waals surface area (Å²) in [7, 11) is 0. The Morgan fingerprint density at radius 3 is 2.62 bits per heavy atom. The normalized spacial score (nSPS) is 11.1. The number of aryl methyl sites for hydroxylation is 1. The van der Waals surface area contributed by atoms with Crippen molar-refractivity contribution in [2.75, 3.05) is 0 Å². The maximum Gasteiger partial charge on any atom is 0.244 e. The van der Waals surface area contributed by atoms with E-state index in [1.54, 1.807) is 17.6 Å². The van der Waals surface area contributed by atoms with E-state index >= 15 is 0 Å². The van der Waals surface area contributed by atoms with E-state index < -0.39 is 0 Å². The molecule has 2 aromatic carbocycles. The van der Waals surface area contributed by atoms with Crippen molar-refractivity contribution in [1.29, 1.82) is 0 Å². The summed E-state index contributed by atoms with van der Waals surface area (Å²) >= 11 is 1.62. The molecular weight excluding hydrogens is 380 g/mol. The van der Waals surface area contributed by atoms with Gasteiger partial charge >= 0.3 is 0 Å². The molecule has 4 rings (SSSR count). The zero-order valence-electron chi connectivity index (χ0n) is 15.9. The second-order valence-corrected chi connectivity index (χ2v) is 7.59. The van der Waals surface area contributed by atoms with Crippen molar-refractivity contribution in [2.24, 2.45) is 5.10 Å². The Balaban J connectivity index is 1.51. The van der Waals surface area contributed by atoms with Crippen LogP contribution in [0, 0.1) is 6.92 Å². The Bertz CT molecular complexity index is 1110. The van der Waals surface area contributed by atoms with Gasteiger partial charge in [0.2, 0.25) is 5.91 Å². The van der Waals surface area contributed by atoms with Crippen LogP contribution in [0.5, 0.6) is 0 Å². The first-order valence-corrected chi connectivity index (χ1v) is 10.1. The molecule has 0 saturated heterocycles. The first-order chi connectivity index (χ1) is 14.2. The Morgan fingerprint density at radius 1 is 1.10 bits per heavy atom. The minimum atomic E-state index is -0.154. The number of carbonyl (C=O) groups excluding carboxylic acids is 1. The van der Waals surface area contributed by atoms with E-state index in [1.807, 2.05) is 89.9 Å². The van der Waals surface area contributed by atoms with Crippen LogP contribution in [-0.4, -0.2) is 21.9 Å². The van der Waals surface area contributed by atoms with E-state index in [0.29, 0.717) is 6.42 Å². The molecule has 0 atom stereocenters. The summed E-state index contributed by atoms with van der Waals surface area (Å²) in [5.74, 6) is -0.154.